The van der Waals surface area contributed by atoms with Crippen molar-refractivity contribution in [1.82, 2.24) is 4.90 Å². The Balaban J connectivity index is 1.85. The normalized spacial score (nSPS) is 24.7. The topological polar surface area (TPSA) is 63.4 Å². The number of nitro benzene ring substituents is 1. The molecular weight excluding hydrogens is 304 g/mol. The lowest BCUT2D eigenvalue weighted by atomic mass is 9.78. The van der Waals surface area contributed by atoms with E-state index < -0.39 is 4.92 Å². The predicted molar refractivity (Wildman–Crippen MR) is 84.1 cm³/mol. The summed E-state index contributed by atoms with van der Waals surface area (Å²) in [5.74, 6) is 0.514. The highest BCUT2D eigenvalue weighted by Gasteiger charge is 2.36. The van der Waals surface area contributed by atoms with Gasteiger partial charge in [0.1, 0.15) is 0 Å². The molecule has 1 amide bonds. The monoisotopic (exact) mass is 322 g/mol. The molecule has 2 atom stereocenters. The molecule has 0 unspecified atom stereocenters. The van der Waals surface area contributed by atoms with E-state index in [2.05, 4.69) is 0 Å². The van der Waals surface area contributed by atoms with Crippen molar-refractivity contribution in [3.05, 3.63) is 38.9 Å². The van der Waals surface area contributed by atoms with Gasteiger partial charge >= 0.3 is 0 Å². The number of hydrogen-bond acceptors (Lipinski definition) is 3. The Labute approximate surface area is 134 Å². The molecule has 1 heterocycles. The molecule has 0 aromatic heterocycles. The first-order valence-electron chi connectivity index (χ1n) is 7.83. The summed E-state index contributed by atoms with van der Waals surface area (Å²) in [6, 6.07) is 4.40. The minimum absolute atomic E-state index is 0.0866. The van der Waals surface area contributed by atoms with E-state index in [0.717, 1.165) is 19.4 Å². The van der Waals surface area contributed by atoms with Crippen LogP contribution in [0.4, 0.5) is 5.69 Å². The fourth-order valence-electron chi connectivity index (χ4n) is 3.82. The molecule has 6 heteroatoms. The van der Waals surface area contributed by atoms with E-state index in [1.165, 1.54) is 43.9 Å². The lowest BCUT2D eigenvalue weighted by Crippen LogP contribution is -2.49. The van der Waals surface area contributed by atoms with Gasteiger partial charge in [-0.3, -0.25) is 14.9 Å². The number of nitro groups is 1. The number of carbonyl (C=O) groups excluding carboxylic acids is 1. The van der Waals surface area contributed by atoms with Crippen molar-refractivity contribution in [1.29, 1.82) is 0 Å². The van der Waals surface area contributed by atoms with Gasteiger partial charge in [0, 0.05) is 24.7 Å². The van der Waals surface area contributed by atoms with Crippen molar-refractivity contribution >= 4 is 23.2 Å². The second-order valence-electron chi connectivity index (χ2n) is 6.17. The van der Waals surface area contributed by atoms with Crippen molar-refractivity contribution in [3.63, 3.8) is 0 Å². The maximum Gasteiger partial charge on any atom is 0.270 e. The Kier molecular flexibility index (Phi) is 4.34. The first-order chi connectivity index (χ1) is 10.6. The second-order valence-corrected chi connectivity index (χ2v) is 6.58. The number of hydrogen-bond donors (Lipinski definition) is 0. The molecule has 0 bridgehead atoms. The van der Waals surface area contributed by atoms with Gasteiger partial charge in [-0.25, -0.2) is 0 Å². The van der Waals surface area contributed by atoms with E-state index in [1.807, 2.05) is 4.90 Å². The zero-order valence-electron chi connectivity index (χ0n) is 12.3. The fourth-order valence-corrected chi connectivity index (χ4v) is 4.08. The molecule has 1 saturated heterocycles. The number of nitrogens with zero attached hydrogens (tertiary/aromatic N) is 2. The van der Waals surface area contributed by atoms with Gasteiger partial charge in [0.25, 0.3) is 11.6 Å². The average molecular weight is 323 g/mol. The average Bonchev–Trinajstić information content (AvgIpc) is 2.53. The molecule has 22 heavy (non-hydrogen) atoms. The van der Waals surface area contributed by atoms with E-state index >= 15 is 0 Å². The molecule has 1 aromatic carbocycles. The molecule has 0 spiro atoms. The number of non-ortho nitro benzene ring substituents is 1. The molecule has 0 radical (unpaired) electrons. The van der Waals surface area contributed by atoms with Gasteiger partial charge in [0.15, 0.2) is 0 Å². The molecule has 1 aliphatic heterocycles. The number of fused-ring (bicyclic) bond motifs is 1. The summed E-state index contributed by atoms with van der Waals surface area (Å²) in [6.07, 6.45) is 6.89. The zero-order chi connectivity index (χ0) is 15.7. The van der Waals surface area contributed by atoms with Gasteiger partial charge in [0.05, 0.1) is 15.5 Å². The molecule has 3 rings (SSSR count). The highest BCUT2D eigenvalue weighted by molar-refractivity contribution is 6.34. The third-order valence-corrected chi connectivity index (χ3v) is 5.21. The van der Waals surface area contributed by atoms with Crippen molar-refractivity contribution in [3.8, 4) is 0 Å². The number of halogens is 1. The van der Waals surface area contributed by atoms with Crippen molar-refractivity contribution in [2.45, 2.75) is 44.6 Å². The van der Waals surface area contributed by atoms with E-state index in [1.54, 1.807) is 0 Å². The number of benzene rings is 1. The zero-order valence-corrected chi connectivity index (χ0v) is 13.1. The van der Waals surface area contributed by atoms with Crippen LogP contribution in [0.25, 0.3) is 0 Å². The number of piperidine rings is 1. The molecule has 1 aromatic rings. The van der Waals surface area contributed by atoms with Gasteiger partial charge in [-0.1, -0.05) is 24.4 Å². The van der Waals surface area contributed by atoms with Gasteiger partial charge < -0.3 is 4.90 Å². The van der Waals surface area contributed by atoms with Crippen LogP contribution in [0.15, 0.2) is 18.2 Å². The number of rotatable bonds is 2. The number of likely N-dealkylation sites (tertiary alicyclic amines) is 1. The van der Waals surface area contributed by atoms with Crippen molar-refractivity contribution in [2.24, 2.45) is 5.92 Å². The fraction of sp³-hybridized carbons (Fsp3) is 0.562. The van der Waals surface area contributed by atoms with Crippen LogP contribution < -0.4 is 0 Å². The predicted octanol–water partition coefficient (Wildman–Crippen LogP) is 4.04. The molecular formula is C16H19ClN2O3. The lowest BCUT2D eigenvalue weighted by Gasteiger charge is -2.44. The first kappa shape index (κ1) is 15.3. The molecule has 2 fully saturated rings. The summed E-state index contributed by atoms with van der Waals surface area (Å²) >= 11 is 6.11. The van der Waals surface area contributed by atoms with E-state index in [9.17, 15) is 14.9 Å². The Morgan fingerprint density at radius 1 is 1.23 bits per heavy atom. The minimum Gasteiger partial charge on any atom is -0.335 e. The summed E-state index contributed by atoms with van der Waals surface area (Å²) in [7, 11) is 0. The molecule has 1 saturated carbocycles. The quantitative estimate of drug-likeness (QED) is 0.609. The second kappa shape index (κ2) is 6.24. The van der Waals surface area contributed by atoms with Crippen LogP contribution in [0, 0.1) is 16.0 Å². The highest BCUT2D eigenvalue weighted by atomic mass is 35.5. The SMILES string of the molecule is O=C(c1ccc([N+](=O)[O-])cc1Cl)N1CCC[C@@H]2CCCC[C@H]21. The summed E-state index contributed by atoms with van der Waals surface area (Å²) in [5.41, 5.74) is 0.286. The first-order valence-corrected chi connectivity index (χ1v) is 8.20. The van der Waals surface area contributed by atoms with Crippen LogP contribution >= 0.6 is 11.6 Å². The van der Waals surface area contributed by atoms with Crippen LogP contribution in [0.1, 0.15) is 48.9 Å². The van der Waals surface area contributed by atoms with E-state index in [4.69, 9.17) is 11.6 Å². The smallest absolute Gasteiger partial charge is 0.270 e. The Morgan fingerprint density at radius 3 is 2.68 bits per heavy atom. The van der Waals surface area contributed by atoms with Crippen LogP contribution in [0.2, 0.25) is 5.02 Å². The summed E-state index contributed by atoms with van der Waals surface area (Å²) in [5, 5.41) is 10.9. The lowest BCUT2D eigenvalue weighted by molar-refractivity contribution is -0.384. The Bertz CT molecular complexity index is 603. The van der Waals surface area contributed by atoms with Gasteiger partial charge in [-0.2, -0.15) is 0 Å². The van der Waals surface area contributed by atoms with Crippen LogP contribution in [-0.2, 0) is 0 Å². The maximum atomic E-state index is 12.8. The van der Waals surface area contributed by atoms with Crippen LogP contribution in [-0.4, -0.2) is 28.3 Å². The van der Waals surface area contributed by atoms with Crippen molar-refractivity contribution < 1.29 is 9.72 Å². The van der Waals surface area contributed by atoms with Gasteiger partial charge in [-0.05, 0) is 37.7 Å². The summed E-state index contributed by atoms with van der Waals surface area (Å²) in [4.78, 5) is 25.0. The van der Waals surface area contributed by atoms with Crippen molar-refractivity contribution in [2.75, 3.05) is 6.54 Å². The summed E-state index contributed by atoms with van der Waals surface area (Å²) in [6.45, 7) is 0.757. The highest BCUT2D eigenvalue weighted by Crippen LogP contribution is 2.36. The third kappa shape index (κ3) is 2.82. The van der Waals surface area contributed by atoms with Gasteiger partial charge in [-0.15, -0.1) is 0 Å². The van der Waals surface area contributed by atoms with Gasteiger partial charge in [0.2, 0.25) is 0 Å². The molecule has 5 nitrogen and oxygen atoms in total. The summed E-state index contributed by atoms with van der Waals surface area (Å²) < 4.78 is 0. The molecule has 2 aliphatic rings. The Morgan fingerprint density at radius 2 is 1.95 bits per heavy atom. The number of carbonyl (C=O) groups is 1. The standard InChI is InChI=1S/C16H19ClN2O3/c17-14-10-12(19(21)22)7-8-13(14)16(20)18-9-3-5-11-4-1-2-6-15(11)18/h7-8,10-11,15H,1-6,9H2/t11-,15+/m0/s1. The van der Waals surface area contributed by atoms with Crippen LogP contribution in [0.5, 0.6) is 0 Å². The largest absolute Gasteiger partial charge is 0.335 e. The maximum absolute atomic E-state index is 12.8. The molecule has 0 N–H and O–H groups in total. The minimum atomic E-state index is -0.502. The van der Waals surface area contributed by atoms with Crippen LogP contribution in [0.3, 0.4) is 0 Å². The Hall–Kier alpha value is -1.62. The molecule has 118 valence electrons. The third-order valence-electron chi connectivity index (χ3n) is 4.90. The number of amides is 1. The van der Waals surface area contributed by atoms with E-state index in [-0.39, 0.29) is 16.6 Å². The van der Waals surface area contributed by atoms with E-state index in [0.29, 0.717) is 17.5 Å². The molecule has 1 aliphatic carbocycles.